The Morgan fingerprint density at radius 3 is 2.86 bits per heavy atom. The van der Waals surface area contributed by atoms with Crippen LogP contribution in [0.25, 0.3) is 11.3 Å². The van der Waals surface area contributed by atoms with Crippen molar-refractivity contribution in [3.8, 4) is 22.8 Å². The van der Waals surface area contributed by atoms with Crippen molar-refractivity contribution in [2.45, 2.75) is 0 Å². The van der Waals surface area contributed by atoms with Crippen LogP contribution in [0.2, 0.25) is 5.02 Å². The number of hydrogen-bond acceptors (Lipinski definition) is 7. The number of halogens is 1. The number of carboxylic acid groups (broad SMARTS) is 1. The van der Waals surface area contributed by atoms with E-state index in [9.17, 15) is 4.79 Å². The smallest absolute Gasteiger partial charge is 0.341 e. The molecule has 0 radical (unpaired) electrons. The molecular formula is C19H16ClN3O4S. The van der Waals surface area contributed by atoms with Crippen molar-refractivity contribution in [1.29, 1.82) is 0 Å². The number of hydrazone groups is 1. The average molecular weight is 418 g/mol. The summed E-state index contributed by atoms with van der Waals surface area (Å²) in [4.78, 5) is 15.3. The molecule has 1 heterocycles. The van der Waals surface area contributed by atoms with E-state index < -0.39 is 12.6 Å². The number of ether oxygens (including phenoxy) is 2. The van der Waals surface area contributed by atoms with Gasteiger partial charge in [0.05, 0.1) is 19.0 Å². The zero-order valence-electron chi connectivity index (χ0n) is 14.8. The zero-order chi connectivity index (χ0) is 19.9. The Morgan fingerprint density at radius 1 is 1.36 bits per heavy atom. The van der Waals surface area contributed by atoms with Gasteiger partial charge in [-0.3, -0.25) is 5.43 Å². The van der Waals surface area contributed by atoms with E-state index in [2.05, 4.69) is 15.5 Å². The molecule has 0 aliphatic carbocycles. The van der Waals surface area contributed by atoms with Crippen LogP contribution < -0.4 is 14.9 Å². The summed E-state index contributed by atoms with van der Waals surface area (Å²) in [5.41, 5.74) is 5.18. The minimum Gasteiger partial charge on any atom is -0.493 e. The highest BCUT2D eigenvalue weighted by Crippen LogP contribution is 2.34. The van der Waals surface area contributed by atoms with Gasteiger partial charge in [-0.15, -0.1) is 11.3 Å². The van der Waals surface area contributed by atoms with Crippen LogP contribution in [0.5, 0.6) is 11.5 Å². The highest BCUT2D eigenvalue weighted by atomic mass is 35.5. The molecule has 0 spiro atoms. The maximum Gasteiger partial charge on any atom is 0.341 e. The third kappa shape index (κ3) is 4.99. The van der Waals surface area contributed by atoms with Gasteiger partial charge in [-0.1, -0.05) is 41.9 Å². The average Bonchev–Trinajstić information content (AvgIpc) is 3.16. The summed E-state index contributed by atoms with van der Waals surface area (Å²) in [6.45, 7) is -0.515. The van der Waals surface area contributed by atoms with Gasteiger partial charge in [-0.25, -0.2) is 9.78 Å². The van der Waals surface area contributed by atoms with E-state index in [-0.39, 0.29) is 5.75 Å². The third-order valence-electron chi connectivity index (χ3n) is 3.55. The Kier molecular flexibility index (Phi) is 6.46. The molecule has 0 bridgehead atoms. The van der Waals surface area contributed by atoms with Crippen molar-refractivity contribution in [3.05, 3.63) is 58.4 Å². The first-order chi connectivity index (χ1) is 13.6. The predicted molar refractivity (Wildman–Crippen MR) is 110 cm³/mol. The molecule has 28 heavy (non-hydrogen) atoms. The largest absolute Gasteiger partial charge is 0.493 e. The fourth-order valence-corrected chi connectivity index (χ4v) is 3.23. The van der Waals surface area contributed by atoms with Gasteiger partial charge in [0, 0.05) is 27.6 Å². The summed E-state index contributed by atoms with van der Waals surface area (Å²) in [5.74, 6) is -0.547. The second-order valence-corrected chi connectivity index (χ2v) is 6.78. The van der Waals surface area contributed by atoms with Crippen molar-refractivity contribution >= 4 is 40.3 Å². The predicted octanol–water partition coefficient (Wildman–Crippen LogP) is 4.38. The quantitative estimate of drug-likeness (QED) is 0.417. The third-order valence-corrected chi connectivity index (χ3v) is 4.51. The summed E-state index contributed by atoms with van der Waals surface area (Å²) in [5, 5.41) is 16.0. The normalized spacial score (nSPS) is 10.8. The molecule has 9 heteroatoms. The number of benzene rings is 2. The molecule has 0 amide bonds. The highest BCUT2D eigenvalue weighted by Gasteiger charge is 2.13. The van der Waals surface area contributed by atoms with Crippen molar-refractivity contribution in [1.82, 2.24) is 4.98 Å². The molecule has 0 aliphatic heterocycles. The number of rotatable bonds is 8. The SMILES string of the molecule is COc1cc(Cl)cc(C=NNc2nc(-c3ccccc3)cs2)c1OCC(=O)O. The molecule has 2 N–H and O–H groups in total. The number of hydrogen-bond donors (Lipinski definition) is 2. The van der Waals surface area contributed by atoms with Crippen molar-refractivity contribution in [3.63, 3.8) is 0 Å². The zero-order valence-corrected chi connectivity index (χ0v) is 16.3. The van der Waals surface area contributed by atoms with E-state index >= 15 is 0 Å². The van der Waals surface area contributed by atoms with Crippen molar-refractivity contribution in [2.75, 3.05) is 19.1 Å². The van der Waals surface area contributed by atoms with Gasteiger partial charge in [-0.05, 0) is 6.07 Å². The number of aromatic nitrogens is 1. The fourth-order valence-electron chi connectivity index (χ4n) is 2.35. The van der Waals surface area contributed by atoms with Gasteiger partial charge in [0.1, 0.15) is 0 Å². The molecule has 144 valence electrons. The van der Waals surface area contributed by atoms with Crippen molar-refractivity contribution < 1.29 is 19.4 Å². The van der Waals surface area contributed by atoms with Gasteiger partial charge in [0.2, 0.25) is 5.13 Å². The first kappa shape index (κ1) is 19.7. The topological polar surface area (TPSA) is 93.0 Å². The Bertz CT molecular complexity index is 992. The van der Waals surface area contributed by atoms with E-state index in [0.717, 1.165) is 11.3 Å². The van der Waals surface area contributed by atoms with Crippen LogP contribution in [0.1, 0.15) is 5.56 Å². The van der Waals surface area contributed by atoms with Gasteiger partial charge in [0.15, 0.2) is 18.1 Å². The molecular weight excluding hydrogens is 402 g/mol. The number of methoxy groups -OCH3 is 1. The van der Waals surface area contributed by atoms with Gasteiger partial charge in [0.25, 0.3) is 0 Å². The van der Waals surface area contributed by atoms with Crippen molar-refractivity contribution in [2.24, 2.45) is 5.10 Å². The molecule has 0 atom stereocenters. The van der Waals surface area contributed by atoms with Crippen LogP contribution in [0.15, 0.2) is 52.9 Å². The summed E-state index contributed by atoms with van der Waals surface area (Å²) in [6, 6.07) is 12.9. The van der Waals surface area contributed by atoms with Crippen LogP contribution in [0.4, 0.5) is 5.13 Å². The highest BCUT2D eigenvalue weighted by molar-refractivity contribution is 7.14. The Labute approximate surface area is 170 Å². The molecule has 0 saturated heterocycles. The van der Waals surface area contributed by atoms with Gasteiger partial charge < -0.3 is 14.6 Å². The number of nitrogens with one attached hydrogen (secondary N) is 1. The molecule has 3 rings (SSSR count). The van der Waals surface area contributed by atoms with E-state index in [0.29, 0.717) is 21.5 Å². The van der Waals surface area contributed by atoms with E-state index in [1.165, 1.54) is 30.7 Å². The lowest BCUT2D eigenvalue weighted by Crippen LogP contribution is -2.11. The molecule has 0 aliphatic rings. The maximum absolute atomic E-state index is 10.8. The van der Waals surface area contributed by atoms with E-state index in [4.69, 9.17) is 26.2 Å². The number of carbonyl (C=O) groups is 1. The minimum atomic E-state index is -1.10. The lowest BCUT2D eigenvalue weighted by atomic mass is 10.2. The second-order valence-electron chi connectivity index (χ2n) is 5.48. The molecule has 0 fully saturated rings. The van der Waals surface area contributed by atoms with Crippen LogP contribution in [0.3, 0.4) is 0 Å². The first-order valence-corrected chi connectivity index (χ1v) is 9.34. The minimum absolute atomic E-state index is 0.240. The Morgan fingerprint density at radius 2 is 2.14 bits per heavy atom. The molecule has 0 unspecified atom stereocenters. The lowest BCUT2D eigenvalue weighted by Gasteiger charge is -2.12. The molecule has 0 saturated carbocycles. The van der Waals surface area contributed by atoms with Gasteiger partial charge in [-0.2, -0.15) is 5.10 Å². The number of thiazole rings is 1. The monoisotopic (exact) mass is 417 g/mol. The van der Waals surface area contributed by atoms with Crippen LogP contribution in [-0.4, -0.2) is 36.0 Å². The molecule has 3 aromatic rings. The maximum atomic E-state index is 10.8. The van der Waals surface area contributed by atoms with Crippen LogP contribution in [0, 0.1) is 0 Å². The molecule has 2 aromatic carbocycles. The van der Waals surface area contributed by atoms with E-state index in [1.54, 1.807) is 6.07 Å². The number of nitrogens with zero attached hydrogens (tertiary/aromatic N) is 2. The number of anilines is 1. The summed E-state index contributed by atoms with van der Waals surface area (Å²) < 4.78 is 10.5. The molecule has 1 aromatic heterocycles. The first-order valence-electron chi connectivity index (χ1n) is 8.09. The summed E-state index contributed by atoms with van der Waals surface area (Å²) >= 11 is 7.50. The van der Waals surface area contributed by atoms with Crippen LogP contribution in [-0.2, 0) is 4.79 Å². The molecule has 7 nitrogen and oxygen atoms in total. The number of aliphatic carboxylic acids is 1. The fraction of sp³-hybridized carbons (Fsp3) is 0.105. The summed E-state index contributed by atoms with van der Waals surface area (Å²) in [6.07, 6.45) is 1.47. The Hall–Kier alpha value is -3.10. The number of carboxylic acids is 1. The Balaban J connectivity index is 1.77. The lowest BCUT2D eigenvalue weighted by molar-refractivity contribution is -0.139. The van der Waals surface area contributed by atoms with Gasteiger partial charge >= 0.3 is 5.97 Å². The summed E-state index contributed by atoms with van der Waals surface area (Å²) in [7, 11) is 1.44. The second kappa shape index (κ2) is 9.20. The standard InChI is InChI=1S/C19H16ClN3O4S/c1-26-16-8-14(20)7-13(18(16)27-10-17(24)25)9-21-23-19-22-15(11-28-19)12-5-3-2-4-6-12/h2-9,11H,10H2,1H3,(H,22,23)(H,24,25). The van der Waals surface area contributed by atoms with E-state index in [1.807, 2.05) is 35.7 Å². The van der Waals surface area contributed by atoms with Crippen LogP contribution >= 0.6 is 22.9 Å².